The Morgan fingerprint density at radius 3 is 2.33 bits per heavy atom. The standard InChI is InChI=1S/C19H19FO/c1-15(16-11-13-18(20)14-12-16)7-6-10-19(21-2)17-8-4-3-5-9-17/h3-15H,1-2H3/b7-6+,19-10-. The van der Waals surface area contributed by atoms with E-state index in [1.807, 2.05) is 54.6 Å². The minimum atomic E-state index is -0.208. The third-order valence-corrected chi connectivity index (χ3v) is 3.32. The number of benzene rings is 2. The lowest BCUT2D eigenvalue weighted by atomic mass is 10.0. The van der Waals surface area contributed by atoms with Gasteiger partial charge in [-0.3, -0.25) is 0 Å². The summed E-state index contributed by atoms with van der Waals surface area (Å²) >= 11 is 0. The van der Waals surface area contributed by atoms with Crippen LogP contribution in [0.1, 0.15) is 24.0 Å². The monoisotopic (exact) mass is 282 g/mol. The highest BCUT2D eigenvalue weighted by Gasteiger charge is 2.01. The highest BCUT2D eigenvalue weighted by atomic mass is 19.1. The van der Waals surface area contributed by atoms with Crippen molar-refractivity contribution >= 4 is 5.76 Å². The molecule has 2 rings (SSSR count). The van der Waals surface area contributed by atoms with Crippen molar-refractivity contribution in [2.24, 2.45) is 0 Å². The zero-order chi connectivity index (χ0) is 15.1. The second-order valence-corrected chi connectivity index (χ2v) is 4.83. The first-order chi connectivity index (χ1) is 10.2. The minimum absolute atomic E-state index is 0.208. The summed E-state index contributed by atoms with van der Waals surface area (Å²) in [6.07, 6.45) is 5.98. The summed E-state index contributed by atoms with van der Waals surface area (Å²) < 4.78 is 18.3. The third-order valence-electron chi connectivity index (χ3n) is 3.32. The topological polar surface area (TPSA) is 9.23 Å². The maximum atomic E-state index is 12.9. The van der Waals surface area contributed by atoms with E-state index in [4.69, 9.17) is 4.74 Å². The molecular formula is C19H19FO. The highest BCUT2D eigenvalue weighted by Crippen LogP contribution is 2.18. The Balaban J connectivity index is 2.09. The van der Waals surface area contributed by atoms with Gasteiger partial charge < -0.3 is 4.74 Å². The number of methoxy groups -OCH3 is 1. The average Bonchev–Trinajstić information content (AvgIpc) is 2.53. The molecule has 0 heterocycles. The van der Waals surface area contributed by atoms with Crippen molar-refractivity contribution in [3.63, 3.8) is 0 Å². The van der Waals surface area contributed by atoms with Gasteiger partial charge in [-0.25, -0.2) is 4.39 Å². The van der Waals surface area contributed by atoms with Crippen molar-refractivity contribution < 1.29 is 9.13 Å². The van der Waals surface area contributed by atoms with E-state index >= 15 is 0 Å². The zero-order valence-corrected chi connectivity index (χ0v) is 12.3. The van der Waals surface area contributed by atoms with Crippen molar-refractivity contribution in [1.82, 2.24) is 0 Å². The van der Waals surface area contributed by atoms with Crippen LogP contribution in [0.2, 0.25) is 0 Å². The molecule has 0 spiro atoms. The maximum Gasteiger partial charge on any atom is 0.126 e. The quantitative estimate of drug-likeness (QED) is 0.543. The van der Waals surface area contributed by atoms with E-state index in [2.05, 4.69) is 13.0 Å². The molecular weight excluding hydrogens is 263 g/mol. The summed E-state index contributed by atoms with van der Waals surface area (Å²) in [6.45, 7) is 2.08. The van der Waals surface area contributed by atoms with Gasteiger partial charge in [-0.15, -0.1) is 0 Å². The summed E-state index contributed by atoms with van der Waals surface area (Å²) in [7, 11) is 1.66. The summed E-state index contributed by atoms with van der Waals surface area (Å²) in [5, 5.41) is 0. The van der Waals surface area contributed by atoms with Crippen molar-refractivity contribution in [2.75, 3.05) is 7.11 Å². The Morgan fingerprint density at radius 1 is 1.05 bits per heavy atom. The number of halogens is 1. The van der Waals surface area contributed by atoms with Crippen molar-refractivity contribution in [1.29, 1.82) is 0 Å². The molecule has 1 nitrogen and oxygen atoms in total. The van der Waals surface area contributed by atoms with Crippen molar-refractivity contribution in [3.8, 4) is 0 Å². The molecule has 0 saturated heterocycles. The predicted octanol–water partition coefficient (Wildman–Crippen LogP) is 5.17. The summed E-state index contributed by atoms with van der Waals surface area (Å²) in [6, 6.07) is 16.5. The van der Waals surface area contributed by atoms with E-state index in [0.717, 1.165) is 16.9 Å². The molecule has 2 aromatic rings. The smallest absolute Gasteiger partial charge is 0.126 e. The second-order valence-electron chi connectivity index (χ2n) is 4.83. The largest absolute Gasteiger partial charge is 0.496 e. The molecule has 1 unspecified atom stereocenters. The van der Waals surface area contributed by atoms with Gasteiger partial charge >= 0.3 is 0 Å². The van der Waals surface area contributed by atoms with Crippen LogP contribution < -0.4 is 0 Å². The number of hydrogen-bond acceptors (Lipinski definition) is 1. The zero-order valence-electron chi connectivity index (χ0n) is 12.3. The van der Waals surface area contributed by atoms with E-state index < -0.39 is 0 Å². The van der Waals surface area contributed by atoms with E-state index in [9.17, 15) is 4.39 Å². The second kappa shape index (κ2) is 7.44. The molecule has 0 N–H and O–H groups in total. The molecule has 21 heavy (non-hydrogen) atoms. The van der Waals surface area contributed by atoms with Gasteiger partial charge in [0.05, 0.1) is 7.11 Å². The van der Waals surface area contributed by atoms with Gasteiger partial charge in [0.1, 0.15) is 11.6 Å². The van der Waals surface area contributed by atoms with Crippen LogP contribution in [0.4, 0.5) is 4.39 Å². The van der Waals surface area contributed by atoms with Gasteiger partial charge in [0.2, 0.25) is 0 Å². The van der Waals surface area contributed by atoms with Gasteiger partial charge in [-0.2, -0.15) is 0 Å². The van der Waals surface area contributed by atoms with Gasteiger partial charge in [-0.05, 0) is 29.7 Å². The van der Waals surface area contributed by atoms with Gasteiger partial charge in [0, 0.05) is 5.56 Å². The fourth-order valence-corrected chi connectivity index (χ4v) is 2.07. The Labute approximate surface area is 125 Å². The molecule has 0 fully saturated rings. The lowest BCUT2D eigenvalue weighted by Crippen LogP contribution is -1.89. The van der Waals surface area contributed by atoms with Crippen LogP contribution in [0.15, 0.2) is 72.8 Å². The van der Waals surface area contributed by atoms with E-state index in [-0.39, 0.29) is 11.7 Å². The van der Waals surface area contributed by atoms with Gasteiger partial charge in [-0.1, -0.05) is 61.5 Å². The SMILES string of the molecule is CO/C(=C\C=C\C(C)c1ccc(F)cc1)c1ccccc1. The van der Waals surface area contributed by atoms with E-state index in [0.29, 0.717) is 0 Å². The Hall–Kier alpha value is -2.35. The first-order valence-electron chi connectivity index (χ1n) is 6.94. The Bertz CT molecular complexity index is 612. The summed E-state index contributed by atoms with van der Waals surface area (Å²) in [4.78, 5) is 0. The molecule has 0 amide bonds. The van der Waals surface area contributed by atoms with Crippen molar-refractivity contribution in [3.05, 3.63) is 89.8 Å². The Morgan fingerprint density at radius 2 is 1.71 bits per heavy atom. The molecule has 2 heteroatoms. The normalized spacial score (nSPS) is 13.4. The number of hydrogen-bond donors (Lipinski definition) is 0. The summed E-state index contributed by atoms with van der Waals surface area (Å²) in [5.41, 5.74) is 2.12. The number of rotatable bonds is 5. The molecule has 108 valence electrons. The van der Waals surface area contributed by atoms with Crippen LogP contribution in [0.3, 0.4) is 0 Å². The minimum Gasteiger partial charge on any atom is -0.496 e. The van der Waals surface area contributed by atoms with Crippen LogP contribution in [-0.4, -0.2) is 7.11 Å². The van der Waals surface area contributed by atoms with Crippen molar-refractivity contribution in [2.45, 2.75) is 12.8 Å². The molecule has 0 aliphatic rings. The van der Waals surface area contributed by atoms with E-state index in [1.165, 1.54) is 12.1 Å². The molecule has 0 bridgehead atoms. The van der Waals surface area contributed by atoms with Crippen LogP contribution in [0, 0.1) is 5.82 Å². The molecule has 0 radical (unpaired) electrons. The molecule has 0 aliphatic carbocycles. The molecule has 2 aromatic carbocycles. The molecule has 0 aliphatic heterocycles. The van der Waals surface area contributed by atoms with Crippen LogP contribution in [0.5, 0.6) is 0 Å². The first kappa shape index (κ1) is 15.0. The van der Waals surface area contributed by atoms with Gasteiger partial charge in [0.15, 0.2) is 0 Å². The molecule has 1 atom stereocenters. The fraction of sp³-hybridized carbons (Fsp3) is 0.158. The van der Waals surface area contributed by atoms with Crippen LogP contribution >= 0.6 is 0 Å². The molecule has 0 aromatic heterocycles. The van der Waals surface area contributed by atoms with Gasteiger partial charge in [0.25, 0.3) is 0 Å². The number of ether oxygens (including phenoxy) is 1. The van der Waals surface area contributed by atoms with E-state index in [1.54, 1.807) is 7.11 Å². The first-order valence-corrected chi connectivity index (χ1v) is 6.94. The third kappa shape index (κ3) is 4.32. The lowest BCUT2D eigenvalue weighted by Gasteiger charge is -2.07. The maximum absolute atomic E-state index is 12.9. The van der Waals surface area contributed by atoms with Crippen LogP contribution in [-0.2, 0) is 4.74 Å². The predicted molar refractivity (Wildman–Crippen MR) is 85.4 cm³/mol. The number of allylic oxidation sites excluding steroid dienone is 3. The Kier molecular flexibility index (Phi) is 5.33. The average molecular weight is 282 g/mol. The molecule has 0 saturated carbocycles. The highest BCUT2D eigenvalue weighted by molar-refractivity contribution is 5.61. The fourth-order valence-electron chi connectivity index (χ4n) is 2.07. The van der Waals surface area contributed by atoms with Crippen LogP contribution in [0.25, 0.3) is 5.76 Å². The lowest BCUT2D eigenvalue weighted by molar-refractivity contribution is 0.370. The summed E-state index contributed by atoms with van der Waals surface area (Å²) in [5.74, 6) is 0.828.